The molecule has 1 aliphatic heterocycles. The number of morpholine rings is 1. The van der Waals surface area contributed by atoms with Crippen LogP contribution in [0.25, 0.3) is 0 Å². The fourth-order valence-electron chi connectivity index (χ4n) is 3.85. The summed E-state index contributed by atoms with van der Waals surface area (Å²) in [5.41, 5.74) is 0.366. The standard InChI is InChI=1S/C20H22F2N6O/c21-15-6-5-14(17(22)11-15)13-28(16-3-1-2-4-16)20-25-18(12-23)24-19(26-20)27-7-9-29-10-8-27/h5-6,11,16H,1-4,7-10,13H2. The first-order valence-corrected chi connectivity index (χ1v) is 9.83. The van der Waals surface area contributed by atoms with Gasteiger partial charge in [-0.2, -0.15) is 20.2 Å². The van der Waals surface area contributed by atoms with Crippen LogP contribution < -0.4 is 9.80 Å². The van der Waals surface area contributed by atoms with Crippen LogP contribution >= 0.6 is 0 Å². The Kier molecular flexibility index (Phi) is 5.81. The number of hydrogen-bond acceptors (Lipinski definition) is 7. The molecule has 1 aromatic carbocycles. The van der Waals surface area contributed by atoms with Gasteiger partial charge in [0.2, 0.25) is 17.7 Å². The molecule has 152 valence electrons. The molecule has 2 aromatic rings. The largest absolute Gasteiger partial charge is 0.378 e. The molecule has 2 heterocycles. The van der Waals surface area contributed by atoms with Crippen LogP contribution in [0.2, 0.25) is 0 Å². The van der Waals surface area contributed by atoms with Gasteiger partial charge >= 0.3 is 0 Å². The maximum atomic E-state index is 14.3. The predicted octanol–water partition coefficient (Wildman–Crippen LogP) is 2.81. The summed E-state index contributed by atoms with van der Waals surface area (Å²) in [6, 6.07) is 5.71. The summed E-state index contributed by atoms with van der Waals surface area (Å²) in [6.45, 7) is 2.59. The zero-order chi connectivity index (χ0) is 20.2. The van der Waals surface area contributed by atoms with Gasteiger partial charge in [0, 0.05) is 37.3 Å². The quantitative estimate of drug-likeness (QED) is 0.764. The van der Waals surface area contributed by atoms with Crippen LogP contribution in [0.4, 0.5) is 20.7 Å². The SMILES string of the molecule is N#Cc1nc(N2CCOCC2)nc(N(Cc2ccc(F)cc2F)C2CCCC2)n1. The van der Waals surface area contributed by atoms with E-state index in [-0.39, 0.29) is 18.4 Å². The van der Waals surface area contributed by atoms with Crippen LogP contribution in [0.5, 0.6) is 0 Å². The molecular formula is C20H22F2N6O. The number of anilines is 2. The Labute approximate surface area is 168 Å². The highest BCUT2D eigenvalue weighted by Gasteiger charge is 2.28. The summed E-state index contributed by atoms with van der Waals surface area (Å²) < 4.78 is 33.0. The highest BCUT2D eigenvalue weighted by atomic mass is 19.1. The van der Waals surface area contributed by atoms with Crippen molar-refractivity contribution in [2.24, 2.45) is 0 Å². The number of nitriles is 1. The Morgan fingerprint density at radius 2 is 1.90 bits per heavy atom. The van der Waals surface area contributed by atoms with Crippen LogP contribution in [-0.4, -0.2) is 47.3 Å². The second kappa shape index (κ2) is 8.66. The smallest absolute Gasteiger partial charge is 0.238 e. The first-order chi connectivity index (χ1) is 14.1. The van der Waals surface area contributed by atoms with E-state index in [1.165, 1.54) is 12.1 Å². The van der Waals surface area contributed by atoms with Crippen LogP contribution in [0, 0.1) is 23.0 Å². The average molecular weight is 400 g/mol. The lowest BCUT2D eigenvalue weighted by molar-refractivity contribution is 0.122. The monoisotopic (exact) mass is 400 g/mol. The van der Waals surface area contributed by atoms with Crippen molar-refractivity contribution >= 4 is 11.9 Å². The van der Waals surface area contributed by atoms with Crippen molar-refractivity contribution in [3.63, 3.8) is 0 Å². The first-order valence-electron chi connectivity index (χ1n) is 9.83. The molecule has 0 amide bonds. The molecule has 0 unspecified atom stereocenters. The molecule has 0 bridgehead atoms. The van der Waals surface area contributed by atoms with E-state index in [9.17, 15) is 14.0 Å². The summed E-state index contributed by atoms with van der Waals surface area (Å²) >= 11 is 0. The molecule has 7 nitrogen and oxygen atoms in total. The van der Waals surface area contributed by atoms with Gasteiger partial charge in [-0.3, -0.25) is 0 Å². The number of benzene rings is 1. The average Bonchev–Trinajstić information content (AvgIpc) is 3.28. The van der Waals surface area contributed by atoms with Gasteiger partial charge in [0.25, 0.3) is 0 Å². The lowest BCUT2D eigenvalue weighted by Crippen LogP contribution is -2.39. The van der Waals surface area contributed by atoms with Crippen molar-refractivity contribution in [1.82, 2.24) is 15.0 Å². The second-order valence-corrected chi connectivity index (χ2v) is 7.27. The van der Waals surface area contributed by atoms with Crippen LogP contribution in [0.1, 0.15) is 37.1 Å². The Morgan fingerprint density at radius 3 is 2.59 bits per heavy atom. The third kappa shape index (κ3) is 4.43. The number of nitrogens with zero attached hydrogens (tertiary/aromatic N) is 6. The van der Waals surface area contributed by atoms with Gasteiger partial charge < -0.3 is 14.5 Å². The molecule has 1 saturated carbocycles. The molecule has 0 spiro atoms. The van der Waals surface area contributed by atoms with Crippen molar-refractivity contribution in [1.29, 1.82) is 5.26 Å². The van der Waals surface area contributed by atoms with E-state index in [1.54, 1.807) is 0 Å². The zero-order valence-electron chi connectivity index (χ0n) is 16.0. The molecule has 1 saturated heterocycles. The number of rotatable bonds is 5. The van der Waals surface area contributed by atoms with E-state index >= 15 is 0 Å². The van der Waals surface area contributed by atoms with E-state index in [0.717, 1.165) is 31.7 Å². The van der Waals surface area contributed by atoms with Crippen LogP contribution in [0.15, 0.2) is 18.2 Å². The number of halogens is 2. The minimum absolute atomic E-state index is 0.0269. The van der Waals surface area contributed by atoms with Gasteiger partial charge in [-0.1, -0.05) is 18.9 Å². The molecule has 1 aliphatic carbocycles. The van der Waals surface area contributed by atoms with Crippen molar-refractivity contribution in [3.8, 4) is 6.07 Å². The Balaban J connectivity index is 1.70. The normalized spacial score (nSPS) is 17.3. The molecule has 0 radical (unpaired) electrons. The first kappa shape index (κ1) is 19.5. The zero-order valence-corrected chi connectivity index (χ0v) is 16.0. The molecule has 9 heteroatoms. The minimum atomic E-state index is -0.611. The molecular weight excluding hydrogens is 378 g/mol. The number of hydrogen-bond donors (Lipinski definition) is 0. The summed E-state index contributed by atoms with van der Waals surface area (Å²) in [7, 11) is 0. The van der Waals surface area contributed by atoms with Crippen LogP contribution in [-0.2, 0) is 11.3 Å². The van der Waals surface area contributed by atoms with Crippen molar-refractivity contribution < 1.29 is 13.5 Å². The molecule has 2 fully saturated rings. The third-order valence-electron chi connectivity index (χ3n) is 5.38. The Bertz CT molecular complexity index is 906. The fraction of sp³-hybridized carbons (Fsp3) is 0.500. The lowest BCUT2D eigenvalue weighted by Gasteiger charge is -2.31. The maximum absolute atomic E-state index is 14.3. The van der Waals surface area contributed by atoms with E-state index in [2.05, 4.69) is 15.0 Å². The summed E-state index contributed by atoms with van der Waals surface area (Å²) in [6.07, 6.45) is 4.01. The van der Waals surface area contributed by atoms with E-state index < -0.39 is 11.6 Å². The molecule has 2 aliphatic rings. The van der Waals surface area contributed by atoms with E-state index in [4.69, 9.17) is 4.74 Å². The third-order valence-corrected chi connectivity index (χ3v) is 5.38. The molecule has 1 aromatic heterocycles. The lowest BCUT2D eigenvalue weighted by atomic mass is 10.1. The molecule has 29 heavy (non-hydrogen) atoms. The second-order valence-electron chi connectivity index (χ2n) is 7.27. The maximum Gasteiger partial charge on any atom is 0.238 e. The molecule has 0 N–H and O–H groups in total. The number of aromatic nitrogens is 3. The highest BCUT2D eigenvalue weighted by molar-refractivity contribution is 5.43. The summed E-state index contributed by atoms with van der Waals surface area (Å²) in [5, 5.41) is 9.43. The van der Waals surface area contributed by atoms with Crippen molar-refractivity contribution in [2.75, 3.05) is 36.1 Å². The predicted molar refractivity (Wildman–Crippen MR) is 102 cm³/mol. The summed E-state index contributed by atoms with van der Waals surface area (Å²) in [5.74, 6) is -0.402. The molecule has 0 atom stereocenters. The van der Waals surface area contributed by atoms with Gasteiger partial charge in [0.05, 0.1) is 13.2 Å². The Morgan fingerprint density at radius 1 is 1.14 bits per heavy atom. The van der Waals surface area contributed by atoms with Crippen molar-refractivity contribution in [2.45, 2.75) is 38.3 Å². The molecule has 4 rings (SSSR count). The Hall–Kier alpha value is -2.86. The minimum Gasteiger partial charge on any atom is -0.378 e. The fourth-order valence-corrected chi connectivity index (χ4v) is 3.85. The topological polar surface area (TPSA) is 78.2 Å². The highest BCUT2D eigenvalue weighted by Crippen LogP contribution is 2.29. The van der Waals surface area contributed by atoms with Gasteiger partial charge in [-0.25, -0.2) is 8.78 Å². The van der Waals surface area contributed by atoms with Gasteiger partial charge in [0.1, 0.15) is 17.7 Å². The summed E-state index contributed by atoms with van der Waals surface area (Å²) in [4.78, 5) is 17.1. The van der Waals surface area contributed by atoms with Crippen molar-refractivity contribution in [3.05, 3.63) is 41.2 Å². The van der Waals surface area contributed by atoms with E-state index in [1.807, 2.05) is 15.9 Å². The van der Waals surface area contributed by atoms with Gasteiger partial charge in [0.15, 0.2) is 0 Å². The van der Waals surface area contributed by atoms with Gasteiger partial charge in [-0.15, -0.1) is 0 Å². The van der Waals surface area contributed by atoms with Crippen LogP contribution in [0.3, 0.4) is 0 Å². The number of ether oxygens (including phenoxy) is 1. The van der Waals surface area contributed by atoms with E-state index in [0.29, 0.717) is 43.8 Å². The van der Waals surface area contributed by atoms with Gasteiger partial charge in [-0.05, 0) is 18.9 Å².